The number of amides is 1. The van der Waals surface area contributed by atoms with Crippen LogP contribution >= 0.6 is 15.9 Å². The number of carbonyl (C=O) groups excluding carboxylic acids is 1. The van der Waals surface area contributed by atoms with Crippen molar-refractivity contribution in [2.45, 2.75) is 6.54 Å². The smallest absolute Gasteiger partial charge is 0.255 e. The molecule has 2 aromatic rings. The highest BCUT2D eigenvalue weighted by Gasteiger charge is 2.17. The summed E-state index contributed by atoms with van der Waals surface area (Å²) in [5, 5.41) is 2.91. The Morgan fingerprint density at radius 2 is 1.79 bits per heavy atom. The molecule has 0 bridgehead atoms. The fourth-order valence-corrected chi connectivity index (χ4v) is 2.85. The number of benzene rings is 2. The van der Waals surface area contributed by atoms with Gasteiger partial charge in [0.25, 0.3) is 5.91 Å². The van der Waals surface area contributed by atoms with Gasteiger partial charge in [0.2, 0.25) is 0 Å². The number of nitrogens with one attached hydrogen (secondary N) is 1. The number of halogens is 1. The van der Waals surface area contributed by atoms with Gasteiger partial charge in [-0.3, -0.25) is 4.79 Å². The topological polar surface area (TPSA) is 50.8 Å². The van der Waals surface area contributed by atoms with Crippen LogP contribution in [-0.2, 0) is 6.54 Å². The summed E-state index contributed by atoms with van der Waals surface area (Å²) >= 11 is 3.40. The lowest BCUT2D eigenvalue weighted by atomic mass is 10.1. The molecule has 0 atom stereocenters. The number of nitrogens with zero attached hydrogens (tertiary/aromatic N) is 1. The van der Waals surface area contributed by atoms with E-state index in [9.17, 15) is 4.79 Å². The minimum absolute atomic E-state index is 0.219. The Morgan fingerprint density at radius 3 is 2.33 bits per heavy atom. The summed E-state index contributed by atoms with van der Waals surface area (Å²) < 4.78 is 11.2. The van der Waals surface area contributed by atoms with Crippen LogP contribution in [0.2, 0.25) is 0 Å². The van der Waals surface area contributed by atoms with Crippen molar-refractivity contribution < 1.29 is 14.3 Å². The average Bonchev–Trinajstić information content (AvgIpc) is 2.59. The van der Waals surface area contributed by atoms with E-state index in [-0.39, 0.29) is 5.91 Å². The second kappa shape index (κ2) is 8.06. The normalized spacial score (nSPS) is 10.2. The van der Waals surface area contributed by atoms with Gasteiger partial charge < -0.3 is 19.7 Å². The second-order valence-electron chi connectivity index (χ2n) is 5.43. The summed E-state index contributed by atoms with van der Waals surface area (Å²) in [6.45, 7) is 0.435. The number of methoxy groups -OCH3 is 2. The molecule has 0 heterocycles. The third-order valence-electron chi connectivity index (χ3n) is 3.61. The van der Waals surface area contributed by atoms with Gasteiger partial charge in [-0.1, -0.05) is 12.1 Å². The van der Waals surface area contributed by atoms with Gasteiger partial charge in [0.1, 0.15) is 11.5 Å². The van der Waals surface area contributed by atoms with E-state index in [1.807, 2.05) is 43.3 Å². The molecular formula is C18H21BrN2O3. The highest BCUT2D eigenvalue weighted by Crippen LogP contribution is 2.33. The Balaban J connectivity index is 2.13. The van der Waals surface area contributed by atoms with E-state index < -0.39 is 0 Å². The van der Waals surface area contributed by atoms with Crippen molar-refractivity contribution in [2.75, 3.05) is 33.2 Å². The van der Waals surface area contributed by atoms with E-state index in [1.165, 1.54) is 7.11 Å². The maximum Gasteiger partial charge on any atom is 0.255 e. The second-order valence-corrected chi connectivity index (χ2v) is 6.29. The Bertz CT molecular complexity index is 715. The molecule has 24 heavy (non-hydrogen) atoms. The van der Waals surface area contributed by atoms with E-state index in [4.69, 9.17) is 9.47 Å². The monoisotopic (exact) mass is 392 g/mol. The molecule has 0 aliphatic carbocycles. The van der Waals surface area contributed by atoms with Gasteiger partial charge in [-0.25, -0.2) is 0 Å². The molecule has 1 N–H and O–H groups in total. The van der Waals surface area contributed by atoms with Gasteiger partial charge in [-0.2, -0.15) is 0 Å². The average molecular weight is 393 g/mol. The van der Waals surface area contributed by atoms with Crippen molar-refractivity contribution >= 4 is 27.5 Å². The Morgan fingerprint density at radius 1 is 1.12 bits per heavy atom. The highest BCUT2D eigenvalue weighted by atomic mass is 79.9. The first-order valence-electron chi connectivity index (χ1n) is 7.42. The first-order chi connectivity index (χ1) is 11.5. The SMILES string of the molecule is COc1cc(Br)c(OC)c(C(=O)NCc2ccc(N(C)C)cc2)c1. The number of ether oxygens (including phenoxy) is 2. The summed E-state index contributed by atoms with van der Waals surface area (Å²) in [6.07, 6.45) is 0. The zero-order chi connectivity index (χ0) is 17.7. The number of rotatable bonds is 6. The molecule has 2 aromatic carbocycles. The van der Waals surface area contributed by atoms with E-state index in [0.29, 0.717) is 28.1 Å². The molecule has 0 radical (unpaired) electrons. The maximum atomic E-state index is 12.5. The molecular weight excluding hydrogens is 372 g/mol. The van der Waals surface area contributed by atoms with Gasteiger partial charge in [0.15, 0.2) is 0 Å². The molecule has 128 valence electrons. The lowest BCUT2D eigenvalue weighted by Gasteiger charge is -2.14. The molecule has 0 spiro atoms. The summed E-state index contributed by atoms with van der Waals surface area (Å²) in [7, 11) is 7.07. The molecule has 0 fully saturated rings. The minimum atomic E-state index is -0.219. The summed E-state index contributed by atoms with van der Waals surface area (Å²) in [6, 6.07) is 11.4. The number of hydrogen-bond acceptors (Lipinski definition) is 4. The van der Waals surface area contributed by atoms with E-state index in [0.717, 1.165) is 11.3 Å². The maximum absolute atomic E-state index is 12.5. The van der Waals surface area contributed by atoms with Crippen LogP contribution < -0.4 is 19.7 Å². The Hall–Kier alpha value is -2.21. The molecule has 0 unspecified atom stereocenters. The van der Waals surface area contributed by atoms with Crippen LogP contribution in [0.3, 0.4) is 0 Å². The van der Waals surface area contributed by atoms with Crippen molar-refractivity contribution in [2.24, 2.45) is 0 Å². The first-order valence-corrected chi connectivity index (χ1v) is 8.21. The fourth-order valence-electron chi connectivity index (χ4n) is 2.25. The van der Waals surface area contributed by atoms with Gasteiger partial charge >= 0.3 is 0 Å². The largest absolute Gasteiger partial charge is 0.497 e. The van der Waals surface area contributed by atoms with Gasteiger partial charge in [-0.15, -0.1) is 0 Å². The van der Waals surface area contributed by atoms with E-state index in [2.05, 4.69) is 21.2 Å². The zero-order valence-electron chi connectivity index (χ0n) is 14.2. The third kappa shape index (κ3) is 4.20. The number of anilines is 1. The van der Waals surface area contributed by atoms with Crippen LogP contribution in [0.1, 0.15) is 15.9 Å². The predicted molar refractivity (Wildman–Crippen MR) is 99.2 cm³/mol. The standard InChI is InChI=1S/C18H21BrN2O3/c1-21(2)13-7-5-12(6-8-13)11-20-18(22)15-9-14(23-3)10-16(19)17(15)24-4/h5-10H,11H2,1-4H3,(H,20,22). The summed E-state index contributed by atoms with van der Waals surface area (Å²) in [4.78, 5) is 14.5. The molecule has 0 aliphatic rings. The van der Waals surface area contributed by atoms with Gasteiger partial charge in [0, 0.05) is 26.3 Å². The van der Waals surface area contributed by atoms with Crippen LogP contribution in [-0.4, -0.2) is 34.2 Å². The van der Waals surface area contributed by atoms with Crippen LogP contribution in [0, 0.1) is 0 Å². The minimum Gasteiger partial charge on any atom is -0.497 e. The van der Waals surface area contributed by atoms with Crippen LogP contribution in [0.4, 0.5) is 5.69 Å². The van der Waals surface area contributed by atoms with Crippen LogP contribution in [0.15, 0.2) is 40.9 Å². The first kappa shape index (κ1) is 18.1. The predicted octanol–water partition coefficient (Wildman–Crippen LogP) is 3.46. The van der Waals surface area contributed by atoms with Crippen LogP contribution in [0.5, 0.6) is 11.5 Å². The lowest BCUT2D eigenvalue weighted by molar-refractivity contribution is 0.0947. The van der Waals surface area contributed by atoms with Crippen molar-refractivity contribution in [3.05, 3.63) is 52.0 Å². The van der Waals surface area contributed by atoms with Crippen molar-refractivity contribution in [3.8, 4) is 11.5 Å². The number of carbonyl (C=O) groups is 1. The molecule has 0 saturated carbocycles. The van der Waals surface area contributed by atoms with Gasteiger partial charge in [-0.05, 0) is 45.8 Å². The summed E-state index contributed by atoms with van der Waals surface area (Å²) in [5.41, 5.74) is 2.56. The molecule has 2 rings (SSSR count). The van der Waals surface area contributed by atoms with Crippen molar-refractivity contribution in [1.29, 1.82) is 0 Å². The molecule has 6 heteroatoms. The molecule has 1 amide bonds. The fraction of sp³-hybridized carbons (Fsp3) is 0.278. The molecule has 0 saturated heterocycles. The highest BCUT2D eigenvalue weighted by molar-refractivity contribution is 9.10. The van der Waals surface area contributed by atoms with E-state index in [1.54, 1.807) is 19.2 Å². The van der Waals surface area contributed by atoms with Crippen molar-refractivity contribution in [3.63, 3.8) is 0 Å². The quantitative estimate of drug-likeness (QED) is 0.817. The Labute approximate surface area is 150 Å². The number of hydrogen-bond donors (Lipinski definition) is 1. The van der Waals surface area contributed by atoms with Gasteiger partial charge in [0.05, 0.1) is 24.3 Å². The Kier molecular flexibility index (Phi) is 6.09. The van der Waals surface area contributed by atoms with Crippen LogP contribution in [0.25, 0.3) is 0 Å². The lowest BCUT2D eigenvalue weighted by Crippen LogP contribution is -2.23. The molecule has 0 aliphatic heterocycles. The zero-order valence-corrected chi connectivity index (χ0v) is 15.8. The molecule has 5 nitrogen and oxygen atoms in total. The van der Waals surface area contributed by atoms with Crippen molar-refractivity contribution in [1.82, 2.24) is 5.32 Å². The third-order valence-corrected chi connectivity index (χ3v) is 4.20. The molecule has 0 aromatic heterocycles. The summed E-state index contributed by atoms with van der Waals surface area (Å²) in [5.74, 6) is 0.850. The van der Waals surface area contributed by atoms with E-state index >= 15 is 0 Å².